The van der Waals surface area contributed by atoms with Crippen molar-refractivity contribution in [1.29, 1.82) is 0 Å². The summed E-state index contributed by atoms with van der Waals surface area (Å²) >= 11 is 0. The molecule has 1 heteroatoms. The smallest absolute Gasteiger partial charge is 0.136 e. The predicted octanol–water partition coefficient (Wildman–Crippen LogP) is 12.6. The molecule has 1 aromatic heterocycles. The quantitative estimate of drug-likeness (QED) is 0.190. The highest BCUT2D eigenvalue weighted by atomic mass is 16.3. The van der Waals surface area contributed by atoms with Gasteiger partial charge in [0.1, 0.15) is 11.2 Å². The van der Waals surface area contributed by atoms with Crippen molar-refractivity contribution in [3.05, 3.63) is 170 Å². The Labute approximate surface area is 268 Å². The summed E-state index contributed by atoms with van der Waals surface area (Å²) in [6, 6.07) is 45.8. The van der Waals surface area contributed by atoms with E-state index in [2.05, 4.69) is 66.7 Å². The minimum atomic E-state index is -0.403. The van der Waals surface area contributed by atoms with Crippen molar-refractivity contribution >= 4 is 43.5 Å². The van der Waals surface area contributed by atoms with Crippen LogP contribution in [-0.4, -0.2) is 0 Å². The van der Waals surface area contributed by atoms with Crippen LogP contribution in [0.2, 0.25) is 0 Å². The van der Waals surface area contributed by atoms with Crippen molar-refractivity contribution in [3.8, 4) is 44.5 Å². The highest BCUT2D eigenvalue weighted by Crippen LogP contribution is 2.46. The molecule has 1 nitrogen and oxygen atoms in total. The lowest BCUT2D eigenvalue weighted by atomic mass is 9.84. The first-order chi connectivity index (χ1) is 24.4. The van der Waals surface area contributed by atoms with E-state index in [-0.39, 0.29) is 29.7 Å². The van der Waals surface area contributed by atoms with Crippen LogP contribution >= 0.6 is 0 Å². The maximum atomic E-state index is 8.78. The summed E-state index contributed by atoms with van der Waals surface area (Å²) in [5, 5.41) is 6.20. The second-order valence-corrected chi connectivity index (χ2v) is 11.3. The molecule has 9 rings (SSSR count). The van der Waals surface area contributed by atoms with Gasteiger partial charge in [0.15, 0.2) is 0 Å². The van der Waals surface area contributed by atoms with Crippen LogP contribution in [-0.2, 0) is 0 Å². The minimum absolute atomic E-state index is 0.189. The van der Waals surface area contributed by atoms with Gasteiger partial charge in [-0.15, -0.1) is 0 Å². The summed E-state index contributed by atoms with van der Waals surface area (Å²) < 4.78 is 48.9. The lowest BCUT2D eigenvalue weighted by Crippen LogP contribution is -1.92. The van der Waals surface area contributed by atoms with Crippen molar-refractivity contribution in [3.63, 3.8) is 0 Å². The molecule has 210 valence electrons. The number of fused-ring (bicyclic) bond motifs is 5. The highest BCUT2D eigenvalue weighted by Gasteiger charge is 2.19. The van der Waals surface area contributed by atoms with Crippen LogP contribution in [0.1, 0.15) is 6.85 Å². The molecule has 0 atom stereocenters. The molecule has 0 aliphatic heterocycles. The number of hydrogen-bond acceptors (Lipinski definition) is 1. The average molecular weight is 578 g/mol. The van der Waals surface area contributed by atoms with Gasteiger partial charge in [-0.2, -0.15) is 0 Å². The summed E-state index contributed by atoms with van der Waals surface area (Å²) in [6.45, 7) is 0. The van der Waals surface area contributed by atoms with E-state index in [0.29, 0.717) is 5.56 Å². The number of rotatable bonds is 4. The molecule has 0 radical (unpaired) electrons. The fraction of sp³-hybridized carbons (Fsp3) is 0. The van der Waals surface area contributed by atoms with Crippen LogP contribution < -0.4 is 0 Å². The third kappa shape index (κ3) is 4.17. The Bertz CT molecular complexity index is 2730. The average Bonchev–Trinajstić information content (AvgIpc) is 3.53. The molecular weight excluding hydrogens is 544 g/mol. The van der Waals surface area contributed by atoms with Gasteiger partial charge in [0.05, 0.1) is 6.85 Å². The van der Waals surface area contributed by atoms with Gasteiger partial charge in [-0.05, 0) is 90.3 Å². The van der Waals surface area contributed by atoms with Gasteiger partial charge in [0, 0.05) is 10.8 Å². The maximum Gasteiger partial charge on any atom is 0.136 e. The van der Waals surface area contributed by atoms with Crippen molar-refractivity contribution in [2.75, 3.05) is 0 Å². The predicted molar refractivity (Wildman–Crippen MR) is 190 cm³/mol. The minimum Gasteiger partial charge on any atom is -0.456 e. The molecule has 45 heavy (non-hydrogen) atoms. The first-order valence-electron chi connectivity index (χ1n) is 17.5. The van der Waals surface area contributed by atoms with Crippen molar-refractivity contribution in [2.45, 2.75) is 0 Å². The second kappa shape index (κ2) is 10.4. The summed E-state index contributed by atoms with van der Waals surface area (Å²) in [5.74, 6) is 0. The second-order valence-electron chi connectivity index (χ2n) is 11.3. The van der Waals surface area contributed by atoms with Gasteiger partial charge in [0.2, 0.25) is 0 Å². The van der Waals surface area contributed by atoms with Gasteiger partial charge in [0.25, 0.3) is 0 Å². The van der Waals surface area contributed by atoms with Crippen LogP contribution in [0.5, 0.6) is 0 Å². The van der Waals surface area contributed by atoms with Crippen LogP contribution in [0, 0.1) is 0 Å². The molecule has 0 saturated heterocycles. The summed E-state index contributed by atoms with van der Waals surface area (Å²) in [5.41, 5.74) is 8.57. The van der Waals surface area contributed by atoms with Gasteiger partial charge in [-0.25, -0.2) is 0 Å². The van der Waals surface area contributed by atoms with Crippen LogP contribution in [0.3, 0.4) is 0 Å². The first kappa shape index (κ1) is 20.9. The maximum absolute atomic E-state index is 8.78. The highest BCUT2D eigenvalue weighted by molar-refractivity contribution is 6.23. The Kier molecular flexibility index (Phi) is 4.81. The lowest BCUT2D eigenvalue weighted by Gasteiger charge is -2.19. The van der Waals surface area contributed by atoms with E-state index in [1.165, 1.54) is 0 Å². The molecule has 0 saturated carbocycles. The fourth-order valence-electron chi connectivity index (χ4n) is 6.78. The zero-order valence-corrected chi connectivity index (χ0v) is 24.2. The van der Waals surface area contributed by atoms with Gasteiger partial charge >= 0.3 is 0 Å². The molecule has 0 aliphatic carbocycles. The van der Waals surface area contributed by atoms with Crippen molar-refractivity contribution in [2.24, 2.45) is 0 Å². The number of furan rings is 1. The number of benzene rings is 8. The standard InChI is InChI=1S/C44H28O/c1-3-13-29(14-4-1)31-24-26-41-40(27-31)34-25-23-32(28-42(34)45-41)43-36-19-9-11-21-38(36)44(39-22-12-10-20-37(39)43)35-18-8-7-17-33(35)30-15-5-2-6-16-30/h1-28H/i2D,5D,6D,15D,16D. The normalized spacial score (nSPS) is 13.1. The van der Waals surface area contributed by atoms with Crippen LogP contribution in [0.4, 0.5) is 0 Å². The lowest BCUT2D eigenvalue weighted by molar-refractivity contribution is 0.669. The molecule has 0 spiro atoms. The van der Waals surface area contributed by atoms with E-state index >= 15 is 0 Å². The molecule has 0 unspecified atom stereocenters. The van der Waals surface area contributed by atoms with Crippen LogP contribution in [0.15, 0.2) is 174 Å². The van der Waals surface area contributed by atoms with Crippen LogP contribution in [0.25, 0.3) is 88.0 Å². The van der Waals surface area contributed by atoms with Crippen molar-refractivity contribution < 1.29 is 11.3 Å². The molecular formula is C44H28O. The van der Waals surface area contributed by atoms with E-state index in [1.54, 1.807) is 0 Å². The molecule has 0 fully saturated rings. The van der Waals surface area contributed by atoms with E-state index < -0.39 is 6.04 Å². The molecule has 0 N–H and O–H groups in total. The fourth-order valence-corrected chi connectivity index (χ4v) is 6.78. The van der Waals surface area contributed by atoms with E-state index in [9.17, 15) is 0 Å². The molecule has 0 aliphatic rings. The molecule has 8 aromatic carbocycles. The Morgan fingerprint density at radius 2 is 0.956 bits per heavy atom. The third-order valence-electron chi connectivity index (χ3n) is 8.76. The summed E-state index contributed by atoms with van der Waals surface area (Å²) in [7, 11) is 0. The van der Waals surface area contributed by atoms with Gasteiger partial charge in [-0.1, -0.05) is 145 Å². The Balaban J connectivity index is 1.30. The van der Waals surface area contributed by atoms with Crippen molar-refractivity contribution in [1.82, 2.24) is 0 Å². The Morgan fingerprint density at radius 3 is 1.67 bits per heavy atom. The first-order valence-corrected chi connectivity index (χ1v) is 15.0. The van der Waals surface area contributed by atoms with Gasteiger partial charge in [-0.3, -0.25) is 0 Å². The monoisotopic (exact) mass is 577 g/mol. The van der Waals surface area contributed by atoms with Gasteiger partial charge < -0.3 is 4.42 Å². The zero-order chi connectivity index (χ0) is 34.1. The third-order valence-corrected chi connectivity index (χ3v) is 8.76. The Morgan fingerprint density at radius 1 is 0.356 bits per heavy atom. The topological polar surface area (TPSA) is 13.1 Å². The van der Waals surface area contributed by atoms with E-state index in [0.717, 1.165) is 76.9 Å². The Hall–Kier alpha value is -5.92. The van der Waals surface area contributed by atoms with E-state index in [4.69, 9.17) is 11.3 Å². The molecule has 0 bridgehead atoms. The molecule has 0 amide bonds. The SMILES string of the molecule is [2H]c1c([2H])c([2H])c(-c2ccccc2-c2c3ccccc3c(-c3ccc4c(c3)oc3ccc(-c5ccccc5)cc34)c3ccccc23)c([2H])c1[2H]. The molecule has 9 aromatic rings. The number of hydrogen-bond donors (Lipinski definition) is 0. The summed E-state index contributed by atoms with van der Waals surface area (Å²) in [6.07, 6.45) is 0. The summed E-state index contributed by atoms with van der Waals surface area (Å²) in [4.78, 5) is 0. The van der Waals surface area contributed by atoms with E-state index in [1.807, 2.05) is 72.8 Å². The largest absolute Gasteiger partial charge is 0.456 e. The molecule has 1 heterocycles. The zero-order valence-electron chi connectivity index (χ0n) is 29.2.